The van der Waals surface area contributed by atoms with Crippen molar-refractivity contribution < 1.29 is 0 Å². The molecule has 2 atom stereocenters. The smallest absolute Gasteiger partial charge is 0.0780 e. The first-order valence-electron chi connectivity index (χ1n) is 3.58. The van der Waals surface area contributed by atoms with Crippen LogP contribution in [0.5, 0.6) is 0 Å². The van der Waals surface area contributed by atoms with E-state index in [-0.39, 0.29) is 0 Å². The zero-order valence-electron chi connectivity index (χ0n) is 5.67. The summed E-state index contributed by atoms with van der Waals surface area (Å²) in [5, 5.41) is 0. The molecule has 2 unspecified atom stereocenters. The molecule has 0 aromatic heterocycles. The summed E-state index contributed by atoms with van der Waals surface area (Å²) in [5.74, 6) is 0.801. The minimum atomic E-state index is 0.582. The molecule has 0 amide bonds. The van der Waals surface area contributed by atoms with Gasteiger partial charge in [0.2, 0.25) is 0 Å². The minimum Gasteiger partial charge on any atom is -0.289 e. The van der Waals surface area contributed by atoms with Crippen LogP contribution in [0.25, 0.3) is 0 Å². The Hall–Kier alpha value is -0.590. The summed E-state index contributed by atoms with van der Waals surface area (Å²) in [4.78, 5) is 4.28. The average Bonchev–Trinajstić information content (AvgIpc) is 1.74. The highest BCUT2D eigenvalue weighted by molar-refractivity contribution is 5.70. The Bertz CT molecular complexity index is 179. The molecule has 2 rings (SSSR count). The number of hydrogen-bond acceptors (Lipinski definition) is 1. The fourth-order valence-electron chi connectivity index (χ4n) is 1.61. The largest absolute Gasteiger partial charge is 0.289 e. The Morgan fingerprint density at radius 2 is 2.56 bits per heavy atom. The van der Waals surface area contributed by atoms with Gasteiger partial charge in [0, 0.05) is 12.1 Å². The summed E-state index contributed by atoms with van der Waals surface area (Å²) < 4.78 is 0. The van der Waals surface area contributed by atoms with E-state index in [4.69, 9.17) is 0 Å². The number of rotatable bonds is 0. The van der Waals surface area contributed by atoms with Crippen molar-refractivity contribution in [3.63, 3.8) is 0 Å². The van der Waals surface area contributed by atoms with E-state index in [0.29, 0.717) is 6.04 Å². The molecule has 0 saturated carbocycles. The zero-order valence-corrected chi connectivity index (χ0v) is 5.67. The maximum Gasteiger partial charge on any atom is 0.0780 e. The molecule has 9 heavy (non-hydrogen) atoms. The lowest BCUT2D eigenvalue weighted by molar-refractivity contribution is 0.488. The zero-order chi connectivity index (χ0) is 6.27. The van der Waals surface area contributed by atoms with Gasteiger partial charge in [0.15, 0.2) is 0 Å². The second-order valence-corrected chi connectivity index (χ2v) is 2.93. The lowest BCUT2D eigenvalue weighted by atomic mass is 9.82. The van der Waals surface area contributed by atoms with Crippen LogP contribution in [0.2, 0.25) is 0 Å². The van der Waals surface area contributed by atoms with Crippen molar-refractivity contribution in [2.75, 3.05) is 0 Å². The van der Waals surface area contributed by atoms with Crippen molar-refractivity contribution in [1.29, 1.82) is 0 Å². The van der Waals surface area contributed by atoms with Gasteiger partial charge in [0.1, 0.15) is 0 Å². The quantitative estimate of drug-likeness (QED) is 0.433. The standard InChI is InChI=1S/C8H11N/c1-6-3-2-4-7-5-9-8(6)7/h3,5,7-8H,2,4H2,1H3. The van der Waals surface area contributed by atoms with Crippen molar-refractivity contribution in [1.82, 2.24) is 0 Å². The van der Waals surface area contributed by atoms with Crippen LogP contribution >= 0.6 is 0 Å². The van der Waals surface area contributed by atoms with E-state index in [1.807, 2.05) is 0 Å². The molecule has 0 fully saturated rings. The van der Waals surface area contributed by atoms with E-state index >= 15 is 0 Å². The van der Waals surface area contributed by atoms with E-state index in [2.05, 4.69) is 24.2 Å². The molecule has 0 radical (unpaired) electrons. The third kappa shape index (κ3) is 0.640. The first-order valence-corrected chi connectivity index (χ1v) is 3.58. The topological polar surface area (TPSA) is 12.4 Å². The third-order valence-corrected chi connectivity index (χ3v) is 2.28. The predicted molar refractivity (Wildman–Crippen MR) is 38.8 cm³/mol. The van der Waals surface area contributed by atoms with Crippen LogP contribution in [0.4, 0.5) is 0 Å². The van der Waals surface area contributed by atoms with E-state index in [1.54, 1.807) is 0 Å². The summed E-state index contributed by atoms with van der Waals surface area (Å²) in [6, 6.07) is 0.582. The summed E-state index contributed by atoms with van der Waals surface area (Å²) in [6.07, 6.45) is 7.00. The first kappa shape index (κ1) is 5.21. The van der Waals surface area contributed by atoms with E-state index in [1.165, 1.54) is 18.4 Å². The number of allylic oxidation sites excluding steroid dienone is 1. The molecule has 0 saturated heterocycles. The Balaban J connectivity index is 2.24. The first-order chi connectivity index (χ1) is 4.38. The van der Waals surface area contributed by atoms with Crippen molar-refractivity contribution in [2.45, 2.75) is 25.8 Å². The summed E-state index contributed by atoms with van der Waals surface area (Å²) in [6.45, 7) is 2.19. The van der Waals surface area contributed by atoms with Gasteiger partial charge >= 0.3 is 0 Å². The summed E-state index contributed by atoms with van der Waals surface area (Å²) in [7, 11) is 0. The molecule has 0 aromatic rings. The van der Waals surface area contributed by atoms with Crippen LogP contribution in [0, 0.1) is 5.92 Å². The molecule has 0 aromatic carbocycles. The molecule has 1 aliphatic heterocycles. The predicted octanol–water partition coefficient (Wildman–Crippen LogP) is 1.80. The van der Waals surface area contributed by atoms with Gasteiger partial charge in [-0.15, -0.1) is 0 Å². The molecule has 1 nitrogen and oxygen atoms in total. The normalized spacial score (nSPS) is 39.0. The Kier molecular flexibility index (Phi) is 0.981. The van der Waals surface area contributed by atoms with Gasteiger partial charge in [-0.05, 0) is 19.8 Å². The molecular weight excluding hydrogens is 110 g/mol. The van der Waals surface area contributed by atoms with Crippen molar-refractivity contribution in [3.05, 3.63) is 11.6 Å². The highest BCUT2D eigenvalue weighted by Gasteiger charge is 2.28. The van der Waals surface area contributed by atoms with Gasteiger partial charge in [-0.3, -0.25) is 4.99 Å². The van der Waals surface area contributed by atoms with Crippen LogP contribution < -0.4 is 0 Å². The number of nitrogens with zero attached hydrogens (tertiary/aromatic N) is 1. The van der Waals surface area contributed by atoms with E-state index in [9.17, 15) is 0 Å². The lowest BCUT2D eigenvalue weighted by Crippen LogP contribution is -2.32. The van der Waals surface area contributed by atoms with Crippen molar-refractivity contribution >= 4 is 6.21 Å². The lowest BCUT2D eigenvalue weighted by Gasteiger charge is -2.32. The molecule has 0 spiro atoms. The van der Waals surface area contributed by atoms with E-state index < -0.39 is 0 Å². The van der Waals surface area contributed by atoms with Gasteiger partial charge < -0.3 is 0 Å². The van der Waals surface area contributed by atoms with Gasteiger partial charge in [-0.1, -0.05) is 11.6 Å². The van der Waals surface area contributed by atoms with Crippen LogP contribution in [0.3, 0.4) is 0 Å². The molecule has 2 aliphatic rings. The van der Waals surface area contributed by atoms with Gasteiger partial charge in [-0.2, -0.15) is 0 Å². The highest BCUT2D eigenvalue weighted by Crippen LogP contribution is 2.30. The Morgan fingerprint density at radius 1 is 1.67 bits per heavy atom. The second kappa shape index (κ2) is 1.69. The van der Waals surface area contributed by atoms with Crippen LogP contribution in [0.15, 0.2) is 16.6 Å². The number of fused-ring (bicyclic) bond motifs is 1. The fourth-order valence-corrected chi connectivity index (χ4v) is 1.61. The van der Waals surface area contributed by atoms with Crippen molar-refractivity contribution in [2.24, 2.45) is 10.9 Å². The van der Waals surface area contributed by atoms with Crippen LogP contribution in [0.1, 0.15) is 19.8 Å². The molecule has 1 aliphatic carbocycles. The minimum absolute atomic E-state index is 0.582. The molecule has 48 valence electrons. The van der Waals surface area contributed by atoms with Crippen LogP contribution in [-0.2, 0) is 0 Å². The average molecular weight is 121 g/mol. The summed E-state index contributed by atoms with van der Waals surface area (Å²) in [5.41, 5.74) is 1.48. The van der Waals surface area contributed by atoms with Gasteiger partial charge in [0.25, 0.3) is 0 Å². The third-order valence-electron chi connectivity index (χ3n) is 2.28. The monoisotopic (exact) mass is 121 g/mol. The maximum absolute atomic E-state index is 4.28. The molecular formula is C8H11N. The van der Waals surface area contributed by atoms with Gasteiger partial charge in [0.05, 0.1) is 6.04 Å². The number of hydrogen-bond donors (Lipinski definition) is 0. The Morgan fingerprint density at radius 3 is 3.00 bits per heavy atom. The van der Waals surface area contributed by atoms with Crippen LogP contribution in [-0.4, -0.2) is 12.3 Å². The van der Waals surface area contributed by atoms with E-state index in [0.717, 1.165) is 5.92 Å². The highest BCUT2D eigenvalue weighted by atomic mass is 14.9. The Labute approximate surface area is 55.5 Å². The molecule has 0 N–H and O–H groups in total. The van der Waals surface area contributed by atoms with Crippen molar-refractivity contribution in [3.8, 4) is 0 Å². The molecule has 1 heteroatoms. The second-order valence-electron chi connectivity index (χ2n) is 2.93. The molecule has 1 heterocycles. The van der Waals surface area contributed by atoms with Gasteiger partial charge in [-0.25, -0.2) is 0 Å². The fraction of sp³-hybridized carbons (Fsp3) is 0.625. The maximum atomic E-state index is 4.28. The SMILES string of the molecule is CC1=CCCC2C=NC12. The number of aliphatic imine (C=N–C) groups is 1. The molecule has 0 bridgehead atoms. The summed E-state index contributed by atoms with van der Waals surface area (Å²) >= 11 is 0.